The van der Waals surface area contributed by atoms with Crippen LogP contribution in [-0.4, -0.2) is 70.5 Å². The summed E-state index contributed by atoms with van der Waals surface area (Å²) < 4.78 is 248. The summed E-state index contributed by atoms with van der Waals surface area (Å²) in [5, 5.41) is 8.71. The number of thiol groups is 1. The minimum atomic E-state index is -9.04. The highest BCUT2D eigenvalue weighted by atomic mass is 32.1. The number of hydrogen-bond donors (Lipinski definition) is 2. The molecule has 1 nitrogen and oxygen atoms in total. The summed E-state index contributed by atoms with van der Waals surface area (Å²) in [6.07, 6.45) is -22.5. The standard InChI is InChI=1S/C12H7F19OS/c13-4(14,1-3(32)2-33)6(16,17)8(20,21)10(24,25)9(22,23)7(18,19)5(15,11(26,27)28)12(29,30)31/h3,32-33H,1-2H2. The SMILES string of the molecule is OC(CS)CC(F)(F)C(F)(F)C(F)(F)C(F)(F)C(F)(F)C(F)(F)C(F)(C(F)(F)F)C(F)(F)F. The predicted octanol–water partition coefficient (Wildman–Crippen LogP) is 6.31. The number of rotatable bonds is 9. The second-order valence-electron chi connectivity index (χ2n) is 6.27. The summed E-state index contributed by atoms with van der Waals surface area (Å²) in [7, 11) is 0. The van der Waals surface area contributed by atoms with Crippen molar-refractivity contribution in [2.75, 3.05) is 5.75 Å². The van der Waals surface area contributed by atoms with Crippen molar-refractivity contribution in [1.82, 2.24) is 0 Å². The number of hydrogen-bond acceptors (Lipinski definition) is 2. The molecule has 21 heteroatoms. The lowest BCUT2D eigenvalue weighted by Crippen LogP contribution is -2.77. The molecule has 0 aromatic heterocycles. The van der Waals surface area contributed by atoms with Crippen molar-refractivity contribution in [3.05, 3.63) is 0 Å². The van der Waals surface area contributed by atoms with Crippen molar-refractivity contribution >= 4 is 12.6 Å². The molecule has 0 fully saturated rings. The predicted molar refractivity (Wildman–Crippen MR) is 70.1 cm³/mol. The van der Waals surface area contributed by atoms with Gasteiger partial charge in [-0.25, -0.2) is 4.39 Å². The highest BCUT2D eigenvalue weighted by molar-refractivity contribution is 7.80. The zero-order chi connectivity index (χ0) is 27.5. The van der Waals surface area contributed by atoms with Gasteiger partial charge in [0.25, 0.3) is 0 Å². The quantitative estimate of drug-likeness (QED) is 0.250. The number of aliphatic hydroxyl groups is 1. The molecule has 1 atom stereocenters. The van der Waals surface area contributed by atoms with E-state index in [1.165, 1.54) is 0 Å². The van der Waals surface area contributed by atoms with Crippen LogP contribution in [0.25, 0.3) is 0 Å². The zero-order valence-corrected chi connectivity index (χ0v) is 15.5. The molecule has 0 bridgehead atoms. The fraction of sp³-hybridized carbons (Fsp3) is 1.00. The van der Waals surface area contributed by atoms with Gasteiger partial charge < -0.3 is 5.11 Å². The molecule has 0 aliphatic heterocycles. The molecule has 0 aliphatic rings. The molecule has 0 saturated carbocycles. The Balaban J connectivity index is 7.00. The summed E-state index contributed by atoms with van der Waals surface area (Å²) in [5.74, 6) is -51.5. The van der Waals surface area contributed by atoms with Gasteiger partial charge in [0.15, 0.2) is 0 Å². The van der Waals surface area contributed by atoms with Crippen LogP contribution in [0, 0.1) is 0 Å². The molecule has 0 rings (SSSR count). The Kier molecular flexibility index (Phi) is 8.03. The van der Waals surface area contributed by atoms with E-state index in [0.717, 1.165) is 0 Å². The Hall–Kier alpha value is -1.02. The van der Waals surface area contributed by atoms with Crippen molar-refractivity contribution < 1.29 is 88.5 Å². The average Bonchev–Trinajstić information content (AvgIpc) is 2.57. The largest absolute Gasteiger partial charge is 0.438 e. The summed E-state index contributed by atoms with van der Waals surface area (Å²) in [4.78, 5) is 0. The average molecular weight is 560 g/mol. The highest BCUT2D eigenvalue weighted by Crippen LogP contribution is 2.66. The first-order valence-corrected chi connectivity index (χ1v) is 7.97. The number of halogens is 19. The van der Waals surface area contributed by atoms with Gasteiger partial charge in [0.1, 0.15) is 0 Å². The van der Waals surface area contributed by atoms with Gasteiger partial charge in [-0.05, 0) is 0 Å². The first-order chi connectivity index (χ1) is 14.0. The van der Waals surface area contributed by atoms with E-state index in [1.54, 1.807) is 0 Å². The molecule has 0 aromatic carbocycles. The van der Waals surface area contributed by atoms with Crippen LogP contribution in [0.1, 0.15) is 6.42 Å². The molecule has 0 spiro atoms. The maximum atomic E-state index is 13.5. The zero-order valence-electron chi connectivity index (χ0n) is 14.6. The monoisotopic (exact) mass is 560 g/mol. The third-order valence-corrected chi connectivity index (χ3v) is 4.37. The lowest BCUT2D eigenvalue weighted by Gasteiger charge is -2.45. The summed E-state index contributed by atoms with van der Waals surface area (Å²) in [6, 6.07) is 0. The number of aliphatic hydroxyl groups excluding tert-OH is 1. The maximum absolute atomic E-state index is 13.5. The van der Waals surface area contributed by atoms with Crippen LogP contribution >= 0.6 is 12.6 Å². The van der Waals surface area contributed by atoms with E-state index >= 15 is 0 Å². The van der Waals surface area contributed by atoms with E-state index in [0.29, 0.717) is 0 Å². The van der Waals surface area contributed by atoms with Gasteiger partial charge >= 0.3 is 53.6 Å². The van der Waals surface area contributed by atoms with Crippen molar-refractivity contribution in [1.29, 1.82) is 0 Å². The van der Waals surface area contributed by atoms with Crippen LogP contribution in [0.15, 0.2) is 0 Å². The molecular weight excluding hydrogens is 553 g/mol. The van der Waals surface area contributed by atoms with Gasteiger partial charge in [0.2, 0.25) is 0 Å². The Morgan fingerprint density at radius 2 is 0.758 bits per heavy atom. The molecule has 33 heavy (non-hydrogen) atoms. The molecule has 0 saturated heterocycles. The van der Waals surface area contributed by atoms with Crippen molar-refractivity contribution in [2.24, 2.45) is 0 Å². The van der Waals surface area contributed by atoms with Crippen molar-refractivity contribution in [3.8, 4) is 0 Å². The fourth-order valence-electron chi connectivity index (χ4n) is 2.04. The fourth-order valence-corrected chi connectivity index (χ4v) is 2.17. The van der Waals surface area contributed by atoms with Crippen molar-refractivity contribution in [3.63, 3.8) is 0 Å². The van der Waals surface area contributed by atoms with Gasteiger partial charge in [-0.1, -0.05) is 0 Å². The minimum Gasteiger partial charge on any atom is -0.392 e. The molecule has 0 heterocycles. The lowest BCUT2D eigenvalue weighted by molar-refractivity contribution is -0.472. The van der Waals surface area contributed by atoms with E-state index in [-0.39, 0.29) is 0 Å². The van der Waals surface area contributed by atoms with Crippen LogP contribution in [0.3, 0.4) is 0 Å². The molecular formula is C12H7F19OS. The van der Waals surface area contributed by atoms with Gasteiger partial charge in [-0.3, -0.25) is 0 Å². The Morgan fingerprint density at radius 3 is 1.03 bits per heavy atom. The third kappa shape index (κ3) is 4.28. The molecule has 0 aliphatic carbocycles. The van der Waals surface area contributed by atoms with Gasteiger partial charge in [-0.2, -0.15) is 91.7 Å². The summed E-state index contributed by atoms with van der Waals surface area (Å²) >= 11 is 2.98. The summed E-state index contributed by atoms with van der Waals surface area (Å²) in [6.45, 7) is 0. The van der Waals surface area contributed by atoms with Gasteiger partial charge in [-0.15, -0.1) is 0 Å². The molecule has 1 unspecified atom stereocenters. The smallest absolute Gasteiger partial charge is 0.392 e. The Morgan fingerprint density at radius 1 is 0.485 bits per heavy atom. The Bertz CT molecular complexity index is 678. The van der Waals surface area contributed by atoms with E-state index in [1.807, 2.05) is 0 Å². The van der Waals surface area contributed by atoms with E-state index in [9.17, 15) is 83.4 Å². The minimum absolute atomic E-state index is 1.30. The highest BCUT2D eigenvalue weighted by Gasteiger charge is 2.98. The number of alkyl halides is 19. The van der Waals surface area contributed by atoms with Gasteiger partial charge in [0, 0.05) is 12.2 Å². The first kappa shape index (κ1) is 32.0. The molecule has 200 valence electrons. The molecule has 0 amide bonds. The second-order valence-corrected chi connectivity index (χ2v) is 6.64. The van der Waals surface area contributed by atoms with E-state index in [2.05, 4.69) is 12.6 Å². The maximum Gasteiger partial charge on any atom is 0.438 e. The molecule has 0 aromatic rings. The second kappa shape index (κ2) is 8.28. The lowest BCUT2D eigenvalue weighted by atomic mass is 9.83. The van der Waals surface area contributed by atoms with Crippen LogP contribution in [-0.2, 0) is 0 Å². The van der Waals surface area contributed by atoms with E-state index in [4.69, 9.17) is 5.11 Å². The van der Waals surface area contributed by atoms with Gasteiger partial charge in [0.05, 0.1) is 6.10 Å². The normalized spacial score (nSPS) is 17.4. The third-order valence-electron chi connectivity index (χ3n) is 3.95. The van der Waals surface area contributed by atoms with Crippen LogP contribution in [0.4, 0.5) is 83.4 Å². The van der Waals surface area contributed by atoms with Crippen molar-refractivity contribution in [2.45, 2.75) is 66.1 Å². The van der Waals surface area contributed by atoms with Crippen LogP contribution in [0.5, 0.6) is 0 Å². The molecule has 1 N–H and O–H groups in total. The summed E-state index contributed by atoms with van der Waals surface area (Å²) in [5.41, 5.74) is -8.75. The van der Waals surface area contributed by atoms with Crippen LogP contribution < -0.4 is 0 Å². The topological polar surface area (TPSA) is 20.2 Å². The Labute approximate surface area is 174 Å². The first-order valence-electron chi connectivity index (χ1n) is 7.34. The van der Waals surface area contributed by atoms with E-state index < -0.39 is 71.8 Å². The van der Waals surface area contributed by atoms with Crippen LogP contribution in [0.2, 0.25) is 0 Å². The molecule has 0 radical (unpaired) electrons.